The van der Waals surface area contributed by atoms with E-state index < -0.39 is 11.9 Å². The standard InChI is InChI=1S/2C6H13N3O2.H2O/c2*7-6(8)9-4-2-1-3-5(10)11;/h2*1-4H2,(H,10,11)(H4,7,8,9);1H2. The molecule has 12 N–H and O–H groups in total. The average molecular weight is 336 g/mol. The first-order valence-corrected chi connectivity index (χ1v) is 6.80. The molecule has 0 bridgehead atoms. The molecule has 0 aliphatic rings. The third kappa shape index (κ3) is 32.7. The van der Waals surface area contributed by atoms with Crippen molar-refractivity contribution in [3.8, 4) is 0 Å². The Morgan fingerprint density at radius 2 is 1.00 bits per heavy atom. The smallest absolute Gasteiger partial charge is 0.303 e. The van der Waals surface area contributed by atoms with Gasteiger partial charge < -0.3 is 38.6 Å². The predicted octanol–water partition coefficient (Wildman–Crippen LogP) is -1.80. The molecule has 0 saturated carbocycles. The van der Waals surface area contributed by atoms with Gasteiger partial charge in [-0.3, -0.25) is 19.6 Å². The number of unbranched alkanes of at least 4 members (excludes halogenated alkanes) is 2. The molecule has 0 aromatic carbocycles. The summed E-state index contributed by atoms with van der Waals surface area (Å²) in [5.41, 5.74) is 20.2. The molecule has 11 heteroatoms. The number of rotatable bonds is 10. The Kier molecular flexibility index (Phi) is 19.3. The van der Waals surface area contributed by atoms with Gasteiger partial charge in [0.1, 0.15) is 0 Å². The highest BCUT2D eigenvalue weighted by molar-refractivity contribution is 5.75. The number of nitrogens with two attached hydrogens (primary N) is 4. The molecular weight excluding hydrogens is 308 g/mol. The van der Waals surface area contributed by atoms with Crippen LogP contribution in [0.25, 0.3) is 0 Å². The van der Waals surface area contributed by atoms with Gasteiger partial charge in [0.25, 0.3) is 0 Å². The molecule has 0 rings (SSSR count). The first-order chi connectivity index (χ1) is 10.3. The zero-order chi connectivity index (χ0) is 17.4. The summed E-state index contributed by atoms with van der Waals surface area (Å²) < 4.78 is 0. The van der Waals surface area contributed by atoms with Crippen molar-refractivity contribution in [1.29, 1.82) is 0 Å². The molecule has 0 spiro atoms. The van der Waals surface area contributed by atoms with E-state index in [1.165, 1.54) is 0 Å². The number of aliphatic imine (C=N–C) groups is 2. The molecule has 0 aliphatic carbocycles. The molecule has 0 aromatic rings. The molecule has 136 valence electrons. The lowest BCUT2D eigenvalue weighted by Crippen LogP contribution is -2.22. The number of carboxylic acids is 2. The summed E-state index contributed by atoms with van der Waals surface area (Å²) in [6.07, 6.45) is 3.02. The van der Waals surface area contributed by atoms with Crippen LogP contribution in [-0.2, 0) is 9.59 Å². The Balaban J connectivity index is -0.000000333. The van der Waals surface area contributed by atoms with Crippen LogP contribution in [0.15, 0.2) is 9.98 Å². The molecule has 23 heavy (non-hydrogen) atoms. The number of carboxylic acid groups (broad SMARTS) is 2. The lowest BCUT2D eigenvalue weighted by Gasteiger charge is -1.93. The molecule has 0 unspecified atom stereocenters. The summed E-state index contributed by atoms with van der Waals surface area (Å²) in [6, 6.07) is 0. The fourth-order valence-corrected chi connectivity index (χ4v) is 1.19. The molecule has 0 aromatic heterocycles. The van der Waals surface area contributed by atoms with Crippen LogP contribution in [0.3, 0.4) is 0 Å². The van der Waals surface area contributed by atoms with Crippen molar-refractivity contribution in [1.82, 2.24) is 0 Å². The van der Waals surface area contributed by atoms with Crippen LogP contribution in [0.1, 0.15) is 38.5 Å². The van der Waals surface area contributed by atoms with Crippen molar-refractivity contribution in [2.24, 2.45) is 32.9 Å². The Hall–Kier alpha value is -2.56. The van der Waals surface area contributed by atoms with E-state index in [0.717, 1.165) is 0 Å². The van der Waals surface area contributed by atoms with E-state index in [-0.39, 0.29) is 30.2 Å². The number of hydrogen-bond acceptors (Lipinski definition) is 4. The molecule has 0 amide bonds. The van der Waals surface area contributed by atoms with Crippen LogP contribution in [0.2, 0.25) is 0 Å². The Labute approximate surface area is 134 Å². The minimum absolute atomic E-state index is 0. The third-order valence-electron chi connectivity index (χ3n) is 2.19. The zero-order valence-corrected chi connectivity index (χ0v) is 13.1. The Bertz CT molecular complexity index is 342. The monoisotopic (exact) mass is 336 g/mol. The molecule has 0 saturated heterocycles. The largest absolute Gasteiger partial charge is 0.481 e. The molecule has 0 radical (unpaired) electrons. The number of guanidine groups is 2. The number of carbonyl (C=O) groups is 2. The Morgan fingerprint density at radius 1 is 0.696 bits per heavy atom. The summed E-state index contributed by atoms with van der Waals surface area (Å²) in [7, 11) is 0. The average Bonchev–Trinajstić information content (AvgIpc) is 2.37. The van der Waals surface area contributed by atoms with Gasteiger partial charge in [-0.1, -0.05) is 0 Å². The van der Waals surface area contributed by atoms with Gasteiger partial charge in [0, 0.05) is 25.9 Å². The number of aliphatic carboxylic acids is 2. The van der Waals surface area contributed by atoms with Gasteiger partial charge in [0.2, 0.25) is 0 Å². The van der Waals surface area contributed by atoms with Gasteiger partial charge in [-0.05, 0) is 25.7 Å². The van der Waals surface area contributed by atoms with Gasteiger partial charge in [-0.2, -0.15) is 0 Å². The van der Waals surface area contributed by atoms with Gasteiger partial charge in [-0.25, -0.2) is 0 Å². The predicted molar refractivity (Wildman–Crippen MR) is 87.9 cm³/mol. The van der Waals surface area contributed by atoms with E-state index in [1.807, 2.05) is 0 Å². The first-order valence-electron chi connectivity index (χ1n) is 6.80. The third-order valence-corrected chi connectivity index (χ3v) is 2.19. The zero-order valence-electron chi connectivity index (χ0n) is 13.1. The van der Waals surface area contributed by atoms with Crippen molar-refractivity contribution in [3.05, 3.63) is 0 Å². The highest BCUT2D eigenvalue weighted by Crippen LogP contribution is 1.95. The second kappa shape index (κ2) is 17.5. The topological polar surface area (TPSA) is 235 Å². The molecule has 11 nitrogen and oxygen atoms in total. The summed E-state index contributed by atoms with van der Waals surface area (Å²) in [5.74, 6) is -1.45. The molecule has 0 fully saturated rings. The first kappa shape index (κ1) is 25.4. The van der Waals surface area contributed by atoms with E-state index in [2.05, 4.69) is 9.98 Å². The van der Waals surface area contributed by atoms with Gasteiger partial charge in [0.05, 0.1) is 0 Å². The maximum atomic E-state index is 10.0. The van der Waals surface area contributed by atoms with Crippen molar-refractivity contribution in [3.63, 3.8) is 0 Å². The molecule has 0 heterocycles. The fraction of sp³-hybridized carbons (Fsp3) is 0.667. The fourth-order valence-electron chi connectivity index (χ4n) is 1.19. The number of nitrogens with zero attached hydrogens (tertiary/aromatic N) is 2. The number of hydrogen-bond donors (Lipinski definition) is 6. The van der Waals surface area contributed by atoms with Crippen LogP contribution in [-0.4, -0.2) is 52.6 Å². The minimum atomic E-state index is -0.783. The van der Waals surface area contributed by atoms with Crippen LogP contribution in [0.5, 0.6) is 0 Å². The summed E-state index contributed by atoms with van der Waals surface area (Å²) in [5, 5.41) is 16.5. The highest BCUT2D eigenvalue weighted by Gasteiger charge is 1.95. The van der Waals surface area contributed by atoms with E-state index >= 15 is 0 Å². The van der Waals surface area contributed by atoms with Crippen LogP contribution < -0.4 is 22.9 Å². The van der Waals surface area contributed by atoms with Crippen molar-refractivity contribution >= 4 is 23.9 Å². The van der Waals surface area contributed by atoms with Crippen LogP contribution in [0.4, 0.5) is 0 Å². The van der Waals surface area contributed by atoms with Crippen LogP contribution >= 0.6 is 0 Å². The van der Waals surface area contributed by atoms with E-state index in [9.17, 15) is 9.59 Å². The molecule has 0 aliphatic heterocycles. The lowest BCUT2D eigenvalue weighted by molar-refractivity contribution is -0.138. The lowest BCUT2D eigenvalue weighted by atomic mass is 10.2. The second-order valence-corrected chi connectivity index (χ2v) is 4.31. The van der Waals surface area contributed by atoms with Gasteiger partial charge in [0.15, 0.2) is 11.9 Å². The summed E-state index contributed by atoms with van der Waals surface area (Å²) in [6.45, 7) is 1.02. The van der Waals surface area contributed by atoms with Gasteiger partial charge in [-0.15, -0.1) is 0 Å². The maximum Gasteiger partial charge on any atom is 0.303 e. The second-order valence-electron chi connectivity index (χ2n) is 4.31. The van der Waals surface area contributed by atoms with Gasteiger partial charge >= 0.3 is 11.9 Å². The van der Waals surface area contributed by atoms with E-state index in [4.69, 9.17) is 33.1 Å². The maximum absolute atomic E-state index is 10.0. The van der Waals surface area contributed by atoms with E-state index in [0.29, 0.717) is 38.8 Å². The van der Waals surface area contributed by atoms with Crippen molar-refractivity contribution in [2.45, 2.75) is 38.5 Å². The quantitative estimate of drug-likeness (QED) is 0.151. The van der Waals surface area contributed by atoms with Crippen LogP contribution in [0, 0.1) is 0 Å². The molecule has 0 atom stereocenters. The highest BCUT2D eigenvalue weighted by atomic mass is 16.4. The Morgan fingerprint density at radius 3 is 1.22 bits per heavy atom. The summed E-state index contributed by atoms with van der Waals surface area (Å²) in [4.78, 5) is 27.4. The summed E-state index contributed by atoms with van der Waals surface area (Å²) >= 11 is 0. The molecular formula is C12H28N6O5. The van der Waals surface area contributed by atoms with Crippen molar-refractivity contribution < 1.29 is 25.3 Å². The van der Waals surface area contributed by atoms with E-state index in [1.54, 1.807) is 0 Å². The van der Waals surface area contributed by atoms with Crippen molar-refractivity contribution in [2.75, 3.05) is 13.1 Å². The SMILES string of the molecule is NC(N)=NCCCCC(=O)O.NC(N)=NCCCCC(=O)O.O. The normalized spacial score (nSPS) is 8.70. The minimum Gasteiger partial charge on any atom is -0.481 e.